The van der Waals surface area contributed by atoms with Gasteiger partial charge in [0.1, 0.15) is 0 Å². The summed E-state index contributed by atoms with van der Waals surface area (Å²) in [7, 11) is 0. The second-order valence-electron chi connectivity index (χ2n) is 5.03. The molecule has 0 atom stereocenters. The maximum Gasteiger partial charge on any atom is 0.0642 e. The van der Waals surface area contributed by atoms with Gasteiger partial charge in [-0.2, -0.15) is 0 Å². The first-order chi connectivity index (χ1) is 7.70. The van der Waals surface area contributed by atoms with Crippen molar-refractivity contribution in [2.24, 2.45) is 5.92 Å². The Balaban J connectivity index is 2.17. The van der Waals surface area contributed by atoms with Crippen LogP contribution in [0.4, 0.5) is 0 Å². The number of hydrogen-bond donors (Lipinski definition) is 0. The smallest absolute Gasteiger partial charge is 0.0642 e. The Morgan fingerprint density at radius 1 is 1.25 bits per heavy atom. The molecule has 0 N–H and O–H groups in total. The van der Waals surface area contributed by atoms with E-state index >= 15 is 0 Å². The van der Waals surface area contributed by atoms with Gasteiger partial charge in [-0.25, -0.2) is 0 Å². The Morgan fingerprint density at radius 2 is 1.94 bits per heavy atom. The quantitative estimate of drug-likeness (QED) is 0.711. The number of ether oxygens (including phenoxy) is 1. The Morgan fingerprint density at radius 3 is 2.56 bits per heavy atom. The highest BCUT2D eigenvalue weighted by atomic mass is 16.5. The van der Waals surface area contributed by atoms with E-state index in [-0.39, 0.29) is 0 Å². The lowest BCUT2D eigenvalue weighted by Gasteiger charge is -2.34. The van der Waals surface area contributed by atoms with Crippen LogP contribution < -0.4 is 0 Å². The van der Waals surface area contributed by atoms with Crippen LogP contribution >= 0.6 is 0 Å². The van der Waals surface area contributed by atoms with Crippen LogP contribution in [0.3, 0.4) is 0 Å². The number of hydrogen-bond acceptors (Lipinski definition) is 2. The molecule has 0 aromatic rings. The van der Waals surface area contributed by atoms with E-state index in [0.717, 1.165) is 26.3 Å². The predicted octanol–water partition coefficient (Wildman–Crippen LogP) is 2.97. The molecule has 0 spiro atoms. The van der Waals surface area contributed by atoms with Crippen molar-refractivity contribution in [3.63, 3.8) is 0 Å². The summed E-state index contributed by atoms with van der Waals surface area (Å²) in [6.07, 6.45) is 4.86. The number of nitrogens with zero attached hydrogens (tertiary/aromatic N) is 1. The van der Waals surface area contributed by atoms with Crippen molar-refractivity contribution in [1.29, 1.82) is 0 Å². The van der Waals surface area contributed by atoms with E-state index in [1.807, 2.05) is 0 Å². The third kappa shape index (κ3) is 2.32. The first-order valence-electron chi connectivity index (χ1n) is 6.43. The monoisotopic (exact) mass is 221 g/mol. The molecule has 0 aromatic heterocycles. The lowest BCUT2D eigenvalue weighted by atomic mass is 9.88. The van der Waals surface area contributed by atoms with Gasteiger partial charge in [0.15, 0.2) is 0 Å². The van der Waals surface area contributed by atoms with E-state index in [2.05, 4.69) is 31.7 Å². The fourth-order valence-electron chi connectivity index (χ4n) is 2.76. The summed E-state index contributed by atoms with van der Waals surface area (Å²) in [6, 6.07) is 0. The molecule has 0 radical (unpaired) electrons. The number of rotatable bonds is 2. The molecule has 1 aliphatic carbocycles. The third-order valence-electron chi connectivity index (χ3n) is 3.67. The van der Waals surface area contributed by atoms with E-state index in [1.165, 1.54) is 24.1 Å². The first kappa shape index (κ1) is 11.7. The minimum absolute atomic E-state index is 0.685. The van der Waals surface area contributed by atoms with Crippen LogP contribution in [0.5, 0.6) is 0 Å². The zero-order valence-corrected chi connectivity index (χ0v) is 10.8. The molecule has 1 saturated heterocycles. The highest BCUT2D eigenvalue weighted by molar-refractivity contribution is 5.37. The Kier molecular flexibility index (Phi) is 3.70. The number of allylic oxidation sites excluding steroid dienone is 3. The third-order valence-corrected chi connectivity index (χ3v) is 3.67. The van der Waals surface area contributed by atoms with Gasteiger partial charge < -0.3 is 9.64 Å². The van der Waals surface area contributed by atoms with Gasteiger partial charge in [0.2, 0.25) is 0 Å². The molecule has 1 heterocycles. The summed E-state index contributed by atoms with van der Waals surface area (Å²) < 4.78 is 5.42. The molecular formula is C14H23NO. The van der Waals surface area contributed by atoms with Crippen molar-refractivity contribution >= 4 is 0 Å². The van der Waals surface area contributed by atoms with Gasteiger partial charge in [-0.1, -0.05) is 25.5 Å². The standard InChI is InChI=1S/C14H23NO/c1-11(2)13-5-4-6-14(12(13)3)15-7-9-16-10-8-15/h6,11H,4-5,7-10H2,1-3H3. The maximum absolute atomic E-state index is 5.42. The van der Waals surface area contributed by atoms with Crippen molar-refractivity contribution in [3.05, 3.63) is 22.9 Å². The van der Waals surface area contributed by atoms with Crippen molar-refractivity contribution < 1.29 is 4.74 Å². The largest absolute Gasteiger partial charge is 0.378 e. The molecule has 2 heteroatoms. The molecule has 0 unspecified atom stereocenters. The molecule has 2 aliphatic rings. The predicted molar refractivity (Wildman–Crippen MR) is 67.2 cm³/mol. The van der Waals surface area contributed by atoms with Gasteiger partial charge in [0.05, 0.1) is 13.2 Å². The van der Waals surface area contributed by atoms with E-state index in [1.54, 1.807) is 5.57 Å². The minimum atomic E-state index is 0.685. The Bertz CT molecular complexity index is 309. The fraction of sp³-hybridized carbons (Fsp3) is 0.714. The molecule has 1 fully saturated rings. The van der Waals surface area contributed by atoms with Gasteiger partial charge in [-0.3, -0.25) is 0 Å². The average molecular weight is 221 g/mol. The number of morpholine rings is 1. The minimum Gasteiger partial charge on any atom is -0.378 e. The van der Waals surface area contributed by atoms with Crippen molar-refractivity contribution in [1.82, 2.24) is 4.90 Å². The summed E-state index contributed by atoms with van der Waals surface area (Å²) in [5.74, 6) is 0.685. The molecule has 0 saturated carbocycles. The van der Waals surface area contributed by atoms with Gasteiger partial charge in [-0.15, -0.1) is 0 Å². The van der Waals surface area contributed by atoms with Crippen molar-refractivity contribution in [2.75, 3.05) is 26.3 Å². The van der Waals surface area contributed by atoms with Crippen LogP contribution in [0.2, 0.25) is 0 Å². The molecule has 16 heavy (non-hydrogen) atoms. The van der Waals surface area contributed by atoms with Crippen LogP contribution in [0.1, 0.15) is 33.6 Å². The zero-order valence-electron chi connectivity index (χ0n) is 10.8. The first-order valence-corrected chi connectivity index (χ1v) is 6.43. The van der Waals surface area contributed by atoms with Gasteiger partial charge in [0.25, 0.3) is 0 Å². The van der Waals surface area contributed by atoms with Crippen molar-refractivity contribution in [2.45, 2.75) is 33.6 Å². The normalized spacial score (nSPS) is 22.8. The Hall–Kier alpha value is -0.760. The topological polar surface area (TPSA) is 12.5 Å². The van der Waals surface area contributed by atoms with Crippen LogP contribution in [0.25, 0.3) is 0 Å². The summed E-state index contributed by atoms with van der Waals surface area (Å²) >= 11 is 0. The van der Waals surface area contributed by atoms with Crippen LogP contribution in [0, 0.1) is 5.92 Å². The second kappa shape index (κ2) is 5.05. The second-order valence-corrected chi connectivity index (χ2v) is 5.03. The SMILES string of the molecule is CC1=C(C(C)C)CCC=C1N1CCOCC1. The van der Waals surface area contributed by atoms with Crippen LogP contribution in [0.15, 0.2) is 22.9 Å². The highest BCUT2D eigenvalue weighted by Crippen LogP contribution is 2.31. The highest BCUT2D eigenvalue weighted by Gasteiger charge is 2.20. The molecule has 0 amide bonds. The molecule has 90 valence electrons. The van der Waals surface area contributed by atoms with E-state index in [9.17, 15) is 0 Å². The van der Waals surface area contributed by atoms with Gasteiger partial charge in [0, 0.05) is 18.8 Å². The van der Waals surface area contributed by atoms with E-state index in [4.69, 9.17) is 4.74 Å². The molecular weight excluding hydrogens is 198 g/mol. The molecule has 2 rings (SSSR count). The lowest BCUT2D eigenvalue weighted by molar-refractivity contribution is 0.0543. The van der Waals surface area contributed by atoms with Crippen molar-refractivity contribution in [3.8, 4) is 0 Å². The summed E-state index contributed by atoms with van der Waals surface area (Å²) in [4.78, 5) is 2.49. The molecule has 2 nitrogen and oxygen atoms in total. The van der Waals surface area contributed by atoms with E-state index in [0.29, 0.717) is 5.92 Å². The molecule has 0 aromatic carbocycles. The average Bonchev–Trinajstić information content (AvgIpc) is 2.30. The summed E-state index contributed by atoms with van der Waals surface area (Å²) in [5, 5.41) is 0. The lowest BCUT2D eigenvalue weighted by Crippen LogP contribution is -2.36. The molecule has 1 aliphatic heterocycles. The summed E-state index contributed by atoms with van der Waals surface area (Å²) in [5.41, 5.74) is 4.63. The van der Waals surface area contributed by atoms with Gasteiger partial charge >= 0.3 is 0 Å². The van der Waals surface area contributed by atoms with Crippen LogP contribution in [-0.2, 0) is 4.74 Å². The molecule has 0 bridgehead atoms. The fourth-order valence-corrected chi connectivity index (χ4v) is 2.76. The van der Waals surface area contributed by atoms with Gasteiger partial charge in [-0.05, 0) is 31.3 Å². The van der Waals surface area contributed by atoms with Crippen LogP contribution in [-0.4, -0.2) is 31.2 Å². The Labute approximate surface area is 99.0 Å². The zero-order chi connectivity index (χ0) is 11.5. The summed E-state index contributed by atoms with van der Waals surface area (Å²) in [6.45, 7) is 10.8. The maximum atomic E-state index is 5.42. The van der Waals surface area contributed by atoms with E-state index < -0.39 is 0 Å².